The molecule has 112 valence electrons. The molecule has 1 heterocycles. The van der Waals surface area contributed by atoms with Crippen molar-refractivity contribution in [3.8, 4) is 22.5 Å². The van der Waals surface area contributed by atoms with Crippen molar-refractivity contribution in [3.05, 3.63) is 54.1 Å². The lowest BCUT2D eigenvalue weighted by molar-refractivity contribution is 0.745. The van der Waals surface area contributed by atoms with Crippen molar-refractivity contribution in [2.45, 2.75) is 19.3 Å². The number of aromatic nitrogens is 4. The second kappa shape index (κ2) is 6.95. The molecular weight excluding hydrogens is 274 g/mol. The van der Waals surface area contributed by atoms with Gasteiger partial charge in [-0.15, -0.1) is 10.2 Å². The van der Waals surface area contributed by atoms with Crippen LogP contribution in [0.4, 0.5) is 0 Å². The first-order valence-electron chi connectivity index (χ1n) is 7.50. The summed E-state index contributed by atoms with van der Waals surface area (Å²) >= 11 is 0. The molecule has 0 radical (unpaired) electrons. The average molecular weight is 293 g/mol. The van der Waals surface area contributed by atoms with Crippen molar-refractivity contribution in [1.29, 1.82) is 0 Å². The molecular formula is C17H19N5. The Morgan fingerprint density at radius 3 is 2.36 bits per heavy atom. The summed E-state index contributed by atoms with van der Waals surface area (Å²) in [6.07, 6.45) is 3.28. The van der Waals surface area contributed by atoms with E-state index < -0.39 is 0 Å². The Morgan fingerprint density at radius 1 is 0.909 bits per heavy atom. The number of hydrogen-bond donors (Lipinski definition) is 2. The van der Waals surface area contributed by atoms with Crippen LogP contribution in [0, 0.1) is 0 Å². The van der Waals surface area contributed by atoms with Gasteiger partial charge in [0, 0.05) is 5.56 Å². The summed E-state index contributed by atoms with van der Waals surface area (Å²) in [5.74, 6) is 0.614. The molecule has 0 atom stereocenters. The molecule has 0 fully saturated rings. The van der Waals surface area contributed by atoms with Gasteiger partial charge in [0.2, 0.25) is 5.82 Å². The van der Waals surface area contributed by atoms with E-state index in [1.807, 2.05) is 18.2 Å². The van der Waals surface area contributed by atoms with E-state index in [2.05, 4.69) is 51.0 Å². The third-order valence-electron chi connectivity index (χ3n) is 3.70. The van der Waals surface area contributed by atoms with E-state index in [0.717, 1.165) is 42.5 Å². The topological polar surface area (TPSA) is 80.5 Å². The molecule has 3 aromatic rings. The third-order valence-corrected chi connectivity index (χ3v) is 3.70. The molecule has 1 aromatic heterocycles. The van der Waals surface area contributed by atoms with E-state index in [9.17, 15) is 0 Å². The Labute approximate surface area is 129 Å². The largest absolute Gasteiger partial charge is 0.330 e. The first-order chi connectivity index (χ1) is 10.9. The highest BCUT2D eigenvalue weighted by Gasteiger charge is 2.10. The highest BCUT2D eigenvalue weighted by Crippen LogP contribution is 2.29. The van der Waals surface area contributed by atoms with Gasteiger partial charge in [-0.3, -0.25) is 0 Å². The van der Waals surface area contributed by atoms with Crippen molar-refractivity contribution < 1.29 is 0 Å². The molecule has 0 saturated carbocycles. The van der Waals surface area contributed by atoms with Crippen molar-refractivity contribution in [1.82, 2.24) is 20.6 Å². The Kier molecular flexibility index (Phi) is 4.56. The Bertz CT molecular complexity index is 704. The molecule has 0 aliphatic carbocycles. The van der Waals surface area contributed by atoms with Crippen LogP contribution < -0.4 is 5.73 Å². The number of rotatable bonds is 6. The van der Waals surface area contributed by atoms with Crippen molar-refractivity contribution in [2.75, 3.05) is 6.54 Å². The van der Waals surface area contributed by atoms with Crippen LogP contribution in [0.1, 0.15) is 18.4 Å². The zero-order valence-electron chi connectivity index (χ0n) is 12.4. The van der Waals surface area contributed by atoms with Gasteiger partial charge in [0.15, 0.2) is 0 Å². The van der Waals surface area contributed by atoms with Crippen LogP contribution in [-0.2, 0) is 6.42 Å². The van der Waals surface area contributed by atoms with Crippen molar-refractivity contribution in [3.63, 3.8) is 0 Å². The molecule has 0 aliphatic rings. The van der Waals surface area contributed by atoms with Gasteiger partial charge in [-0.1, -0.05) is 48.5 Å². The first-order valence-corrected chi connectivity index (χ1v) is 7.50. The summed E-state index contributed by atoms with van der Waals surface area (Å²) in [5, 5.41) is 14.3. The van der Waals surface area contributed by atoms with Crippen LogP contribution in [0.25, 0.3) is 22.5 Å². The minimum Gasteiger partial charge on any atom is -0.330 e. The molecule has 0 spiro atoms. The van der Waals surface area contributed by atoms with Crippen LogP contribution in [-0.4, -0.2) is 27.2 Å². The van der Waals surface area contributed by atoms with Crippen molar-refractivity contribution >= 4 is 0 Å². The second-order valence-electron chi connectivity index (χ2n) is 5.22. The number of aromatic amines is 1. The fraction of sp³-hybridized carbons (Fsp3) is 0.235. The van der Waals surface area contributed by atoms with Crippen LogP contribution in [0.15, 0.2) is 48.5 Å². The molecule has 0 saturated heterocycles. The van der Waals surface area contributed by atoms with E-state index in [-0.39, 0.29) is 0 Å². The lowest BCUT2D eigenvalue weighted by atomic mass is 9.97. The summed E-state index contributed by atoms with van der Waals surface area (Å²) < 4.78 is 0. The average Bonchev–Trinajstić information content (AvgIpc) is 3.10. The summed E-state index contributed by atoms with van der Waals surface area (Å²) in [5.41, 5.74) is 10.1. The molecule has 22 heavy (non-hydrogen) atoms. The van der Waals surface area contributed by atoms with Crippen molar-refractivity contribution in [2.24, 2.45) is 5.73 Å². The minimum atomic E-state index is 0.614. The Hall–Kier alpha value is -2.53. The first kappa shape index (κ1) is 14.4. The minimum absolute atomic E-state index is 0.614. The second-order valence-corrected chi connectivity index (χ2v) is 5.22. The highest BCUT2D eigenvalue weighted by atomic mass is 15.5. The standard InChI is InChI=1S/C17H19N5/c18-12-4-3-5-13-8-10-14(11-9-13)15-6-1-2-7-16(15)17-19-21-22-20-17/h1-2,6-11H,3-5,12,18H2,(H,19,20,21,22). The maximum atomic E-state index is 5.54. The summed E-state index contributed by atoms with van der Waals surface area (Å²) in [6.45, 7) is 0.760. The smallest absolute Gasteiger partial charge is 0.205 e. The number of tetrazole rings is 1. The number of nitrogens with zero attached hydrogens (tertiary/aromatic N) is 3. The predicted molar refractivity (Wildman–Crippen MR) is 87.0 cm³/mol. The number of nitrogens with one attached hydrogen (secondary N) is 1. The summed E-state index contributed by atoms with van der Waals surface area (Å²) in [4.78, 5) is 0. The van der Waals surface area contributed by atoms with Gasteiger partial charge in [-0.25, -0.2) is 0 Å². The number of H-pyrrole nitrogens is 1. The fourth-order valence-electron chi connectivity index (χ4n) is 2.53. The molecule has 2 aromatic carbocycles. The van der Waals surface area contributed by atoms with Gasteiger partial charge in [-0.2, -0.15) is 5.21 Å². The molecule has 0 amide bonds. The lowest BCUT2D eigenvalue weighted by Gasteiger charge is -2.08. The maximum Gasteiger partial charge on any atom is 0.205 e. The molecule has 0 aliphatic heterocycles. The fourth-order valence-corrected chi connectivity index (χ4v) is 2.53. The Balaban J connectivity index is 1.86. The van der Waals surface area contributed by atoms with Gasteiger partial charge >= 0.3 is 0 Å². The molecule has 0 bridgehead atoms. The van der Waals surface area contributed by atoms with E-state index in [1.165, 1.54) is 5.56 Å². The number of hydrogen-bond acceptors (Lipinski definition) is 4. The van der Waals surface area contributed by atoms with Gasteiger partial charge in [0.1, 0.15) is 0 Å². The molecule has 5 nitrogen and oxygen atoms in total. The van der Waals surface area contributed by atoms with Gasteiger partial charge in [0.25, 0.3) is 0 Å². The number of unbranched alkanes of at least 4 members (excludes halogenated alkanes) is 1. The summed E-state index contributed by atoms with van der Waals surface area (Å²) in [7, 11) is 0. The van der Waals surface area contributed by atoms with Crippen LogP contribution in [0.2, 0.25) is 0 Å². The molecule has 5 heteroatoms. The Morgan fingerprint density at radius 2 is 1.68 bits per heavy atom. The zero-order valence-corrected chi connectivity index (χ0v) is 12.4. The van der Waals surface area contributed by atoms with E-state index in [1.54, 1.807) is 0 Å². The SMILES string of the molecule is NCCCCc1ccc(-c2ccccc2-c2nn[nH]n2)cc1. The van der Waals surface area contributed by atoms with Gasteiger partial charge in [-0.05, 0) is 47.7 Å². The third kappa shape index (κ3) is 3.20. The number of benzene rings is 2. The van der Waals surface area contributed by atoms with Crippen LogP contribution >= 0.6 is 0 Å². The van der Waals surface area contributed by atoms with E-state index in [4.69, 9.17) is 5.73 Å². The van der Waals surface area contributed by atoms with Crippen LogP contribution in [0.5, 0.6) is 0 Å². The van der Waals surface area contributed by atoms with E-state index in [0.29, 0.717) is 5.82 Å². The quantitative estimate of drug-likeness (QED) is 0.685. The van der Waals surface area contributed by atoms with E-state index >= 15 is 0 Å². The number of aryl methyl sites for hydroxylation is 1. The normalized spacial score (nSPS) is 10.8. The highest BCUT2D eigenvalue weighted by molar-refractivity contribution is 5.80. The number of nitrogens with two attached hydrogens (primary N) is 1. The predicted octanol–water partition coefficient (Wildman–Crippen LogP) is 2.82. The molecule has 0 unspecified atom stereocenters. The van der Waals surface area contributed by atoms with Gasteiger partial charge < -0.3 is 5.73 Å². The summed E-state index contributed by atoms with van der Waals surface area (Å²) in [6, 6.07) is 16.8. The maximum absolute atomic E-state index is 5.54. The molecule has 3 N–H and O–H groups in total. The lowest BCUT2D eigenvalue weighted by Crippen LogP contribution is -1.98. The zero-order chi connectivity index (χ0) is 15.2. The monoisotopic (exact) mass is 293 g/mol. The molecule has 3 rings (SSSR count). The van der Waals surface area contributed by atoms with Crippen LogP contribution in [0.3, 0.4) is 0 Å². The van der Waals surface area contributed by atoms with Gasteiger partial charge in [0.05, 0.1) is 0 Å².